The molecule has 0 saturated carbocycles. The van der Waals surface area contributed by atoms with Crippen molar-refractivity contribution in [2.24, 2.45) is 0 Å². The number of para-hydroxylation sites is 5. The van der Waals surface area contributed by atoms with Crippen LogP contribution in [0.5, 0.6) is 0 Å². The first-order chi connectivity index (χ1) is 70.8. The monoisotopic (exact) mass is 2070 g/mol. The van der Waals surface area contributed by atoms with E-state index in [0.29, 0.717) is 39.5 Å². The van der Waals surface area contributed by atoms with Crippen molar-refractivity contribution in [2.75, 3.05) is 19.6 Å². The zero-order valence-corrected chi connectivity index (χ0v) is 90.9. The molecule has 4 aromatic heterocycles. The van der Waals surface area contributed by atoms with E-state index in [1.54, 1.807) is 12.1 Å². The van der Waals surface area contributed by atoms with Gasteiger partial charge in [-0.05, 0) is 219 Å². The van der Waals surface area contributed by atoms with Crippen LogP contribution in [0.3, 0.4) is 0 Å². The van der Waals surface area contributed by atoms with Gasteiger partial charge in [0.1, 0.15) is 34.5 Å². The molecule has 1 aliphatic rings. The first kappa shape index (κ1) is 99.7. The lowest BCUT2D eigenvalue weighted by atomic mass is 9.71. The molecule has 738 valence electrons. The molecule has 22 aromatic rings. The van der Waals surface area contributed by atoms with Crippen molar-refractivity contribution < 1.29 is 37.8 Å². The normalized spacial score (nSPS) is 12.7. The van der Waals surface area contributed by atoms with Gasteiger partial charge in [-0.1, -0.05) is 383 Å². The molecule has 0 fully saturated rings. The summed E-state index contributed by atoms with van der Waals surface area (Å²) in [5.74, 6) is 1.17. The molecule has 0 radical (unpaired) electrons. The Hall–Kier alpha value is -14.3. The number of fused-ring (bicyclic) bond motifs is 10. The molecule has 4 heterocycles. The Labute approximate surface area is 883 Å². The van der Waals surface area contributed by atoms with Crippen LogP contribution in [0.15, 0.2) is 366 Å². The fraction of sp³-hybridized carbons (Fsp3) is 0.212. The highest BCUT2D eigenvalue weighted by molar-refractivity contribution is 9.11. The van der Waals surface area contributed by atoms with E-state index in [2.05, 4.69) is 469 Å². The van der Waals surface area contributed by atoms with Gasteiger partial charge in [0, 0.05) is 114 Å². The van der Waals surface area contributed by atoms with Gasteiger partial charge in [0.05, 0.1) is 40.6 Å². The maximum absolute atomic E-state index is 10.4. The maximum atomic E-state index is 10.4. The van der Waals surface area contributed by atoms with Crippen molar-refractivity contribution in [3.63, 3.8) is 0 Å². The van der Waals surface area contributed by atoms with Crippen LogP contribution < -0.4 is 30.5 Å². The number of benzene rings is 17. The average molecular weight is 2070 g/mol. The first-order valence-electron chi connectivity index (χ1n) is 51.5. The summed E-state index contributed by atoms with van der Waals surface area (Å²) in [5, 5.41) is 58.4. The van der Waals surface area contributed by atoms with Gasteiger partial charge in [-0.3, -0.25) is 4.90 Å². The number of rotatable bonds is 18. The molecule has 0 spiro atoms. The zero-order valence-electron chi connectivity index (χ0n) is 87.7. The SMILES string of the molecule is CC(C)c1ccccc1N(C1=CC=[C+]C=C1)c1ccc(B(O)O)c2c1oc1c(C(C)(C)C)ccc(B(O)O)c12.CC(C)c1ccccc1N(c1ccc2ccccc2c1)c1ccc(Br)c2c1oc1c(C(C)(C)C)ccc(Br)c12.CC(C)c1ccccc1N(c1ccccc1)c1ccc2c3ccc(C(C)(C)C)c4oc5c(N(c6ccc7ccccc7c6)c6ccccc6C(C)C)ccc(c6ccc(C(C)(C)C)c7oc1c2c76)c5c43. The van der Waals surface area contributed by atoms with Gasteiger partial charge < -0.3 is 52.5 Å². The van der Waals surface area contributed by atoms with Gasteiger partial charge in [0.2, 0.25) is 0 Å². The van der Waals surface area contributed by atoms with Crippen LogP contribution in [0.4, 0.5) is 62.6 Å². The summed E-state index contributed by atoms with van der Waals surface area (Å²) in [6, 6.07) is 110. The molecule has 23 rings (SSSR count). The summed E-state index contributed by atoms with van der Waals surface area (Å²) in [5.41, 5.74) is 27.5. The Kier molecular flexibility index (Phi) is 26.1. The smallest absolute Gasteiger partial charge is 0.454 e. The lowest BCUT2D eigenvalue weighted by Crippen LogP contribution is -2.34. The summed E-state index contributed by atoms with van der Waals surface area (Å²) < 4.78 is 30.9. The van der Waals surface area contributed by atoms with Crippen molar-refractivity contribution in [3.8, 4) is 0 Å². The lowest BCUT2D eigenvalue weighted by Gasteiger charge is -2.29. The topological polar surface area (TPSA) is 146 Å². The molecule has 0 atom stereocenters. The van der Waals surface area contributed by atoms with Crippen LogP contribution in [0.25, 0.3) is 131 Å². The third kappa shape index (κ3) is 17.6. The Balaban J connectivity index is 0.000000140. The molecule has 16 heteroatoms. The van der Waals surface area contributed by atoms with Crippen molar-refractivity contribution >= 4 is 250 Å². The van der Waals surface area contributed by atoms with Gasteiger partial charge in [-0.2, -0.15) is 0 Å². The second-order valence-electron chi connectivity index (χ2n) is 44.8. The van der Waals surface area contributed by atoms with Crippen molar-refractivity contribution in [1.82, 2.24) is 0 Å². The average Bonchev–Trinajstić information content (AvgIpc) is 1.52. The summed E-state index contributed by atoms with van der Waals surface area (Å²) in [6.07, 6.45) is 10.7. The van der Waals surface area contributed by atoms with E-state index in [1.807, 2.05) is 48.6 Å². The van der Waals surface area contributed by atoms with Gasteiger partial charge in [0.25, 0.3) is 0 Å². The van der Waals surface area contributed by atoms with E-state index in [4.69, 9.17) is 17.7 Å². The number of hydrogen-bond donors (Lipinski definition) is 4. The van der Waals surface area contributed by atoms with E-state index < -0.39 is 14.2 Å². The zero-order chi connectivity index (χ0) is 104. The summed E-state index contributed by atoms with van der Waals surface area (Å²) in [4.78, 5) is 9.31. The molecule has 148 heavy (non-hydrogen) atoms. The predicted octanol–water partition coefficient (Wildman–Crippen LogP) is 36.6. The fourth-order valence-electron chi connectivity index (χ4n) is 22.3. The molecule has 0 bridgehead atoms. The molecule has 0 unspecified atom stereocenters. The Bertz CT molecular complexity index is 9060. The van der Waals surface area contributed by atoms with Crippen LogP contribution in [-0.4, -0.2) is 34.3 Å². The largest absolute Gasteiger partial charge is 0.489 e. The molecule has 0 aliphatic heterocycles. The van der Waals surface area contributed by atoms with Crippen LogP contribution >= 0.6 is 31.9 Å². The van der Waals surface area contributed by atoms with Crippen LogP contribution in [-0.2, 0) is 21.7 Å². The van der Waals surface area contributed by atoms with Crippen molar-refractivity contribution in [1.29, 1.82) is 0 Å². The van der Waals surface area contributed by atoms with Gasteiger partial charge in [0.15, 0.2) is 28.0 Å². The van der Waals surface area contributed by atoms with Crippen LogP contribution in [0, 0.1) is 6.08 Å². The predicted molar refractivity (Wildman–Crippen MR) is 634 cm³/mol. The molecular weight excluding hydrogens is 1950 g/mol. The number of nitrogens with zero attached hydrogens (tertiary/aromatic N) is 4. The van der Waals surface area contributed by atoms with E-state index in [9.17, 15) is 20.1 Å². The molecule has 1 aliphatic carbocycles. The fourth-order valence-corrected chi connectivity index (χ4v) is 23.3. The minimum Gasteiger partial charge on any atom is -0.454 e. The summed E-state index contributed by atoms with van der Waals surface area (Å²) >= 11 is 7.72. The Morgan fingerprint density at radius 3 is 0.939 bits per heavy atom. The van der Waals surface area contributed by atoms with Crippen LogP contribution in [0.2, 0.25) is 0 Å². The van der Waals surface area contributed by atoms with Crippen molar-refractivity contribution in [2.45, 2.75) is 184 Å². The second kappa shape index (κ2) is 38.8. The second-order valence-corrected chi connectivity index (χ2v) is 46.5. The summed E-state index contributed by atoms with van der Waals surface area (Å²) in [7, 11) is -3.58. The molecule has 4 N–H and O–H groups in total. The highest BCUT2D eigenvalue weighted by Crippen LogP contribution is 2.58. The molecular formula is C132H123B2Br2N4O8+. The number of halogens is 2. The lowest BCUT2D eigenvalue weighted by molar-refractivity contribution is 0.424. The Morgan fingerprint density at radius 2 is 0.547 bits per heavy atom. The van der Waals surface area contributed by atoms with E-state index in [0.717, 1.165) is 170 Å². The van der Waals surface area contributed by atoms with Crippen LogP contribution in [0.1, 0.15) is 207 Å². The first-order valence-corrected chi connectivity index (χ1v) is 53.1. The third-order valence-corrected chi connectivity index (χ3v) is 30.8. The third-order valence-electron chi connectivity index (χ3n) is 29.4. The number of anilines is 11. The van der Waals surface area contributed by atoms with Crippen molar-refractivity contribution in [3.05, 3.63) is 399 Å². The number of allylic oxidation sites excluding steroid dienone is 5. The molecule has 0 amide bonds. The van der Waals surface area contributed by atoms with Gasteiger partial charge in [-0.15, -0.1) is 0 Å². The Morgan fingerprint density at radius 1 is 0.264 bits per heavy atom. The van der Waals surface area contributed by atoms with E-state index in [-0.39, 0.29) is 44.4 Å². The molecule has 0 saturated heterocycles. The minimum atomic E-state index is -1.80. The quantitative estimate of drug-likeness (QED) is 0.0479. The number of furan rings is 4. The van der Waals surface area contributed by atoms with E-state index >= 15 is 0 Å². The van der Waals surface area contributed by atoms with E-state index in [1.165, 1.54) is 54.9 Å². The summed E-state index contributed by atoms with van der Waals surface area (Å²) in [6.45, 7) is 44.6. The molecule has 18 aromatic carbocycles. The highest BCUT2D eigenvalue weighted by Gasteiger charge is 2.38. The standard InChI is InChI=1S/C66H60N2O2.C35H31Br2NO.C31H32B2NO5/c1-39(2)45-24-16-18-26-53(45)67(43-22-12-11-13-23-43)55-36-32-49-47-30-35-52(66(8,9)10)62-58(47)60-50(48-31-34-51(65(5,6)7)61-57(48)59(49)63(55)69-61)33-37-56(64(60)70-62)68(54-27-19-17-25-46(54)40(3)4)44-29-28-41-20-14-15-21-42(41)38-44;1-21(2)25-12-8-9-13-29(25)38(24-15-14-22-10-6-7-11-23(22)20-24)30-19-18-28(37)32-31-27(36)17-16-26(35(3,4)5)33(31)39-34(30)32;1-19(2)21-13-9-10-14-25(21)34(20-11-7-6-8-12-20)26-18-17-24(33(37)38)28-27-23(32(35)36)16-15-22(31(3,4)5)29(27)39-30(26)28/h11-40H,1-10H3;6-21H,1-5H3;7-19,35-38H,1-5H3/q;;+1. The van der Waals surface area contributed by atoms with Gasteiger partial charge >= 0.3 is 14.2 Å². The van der Waals surface area contributed by atoms with Gasteiger partial charge in [-0.25, -0.2) is 0 Å². The highest BCUT2D eigenvalue weighted by atomic mass is 79.9. The molecule has 12 nitrogen and oxygen atoms in total. The number of hydrogen-bond acceptors (Lipinski definition) is 12. The minimum absolute atomic E-state index is 0.0677. The maximum Gasteiger partial charge on any atom is 0.489 e.